The van der Waals surface area contributed by atoms with Gasteiger partial charge in [-0.1, -0.05) is 105 Å². The van der Waals surface area contributed by atoms with Gasteiger partial charge >= 0.3 is 0 Å². The molecule has 6 rings (SSSR count). The number of aromatic nitrogens is 1. The number of benzene rings is 5. The lowest BCUT2D eigenvalue weighted by Gasteiger charge is -2.08. The molecule has 0 radical (unpaired) electrons. The largest absolute Gasteiger partial charge is 0.309 e. The Kier molecular flexibility index (Phi) is 6.37. The molecule has 0 N–H and O–H groups in total. The molecule has 0 amide bonds. The van der Waals surface area contributed by atoms with Crippen LogP contribution in [-0.4, -0.2) is 10.4 Å². The van der Waals surface area contributed by atoms with Crippen LogP contribution in [0.4, 0.5) is 0 Å². The molecule has 4 heteroatoms. The van der Waals surface area contributed by atoms with Crippen molar-refractivity contribution in [3.8, 4) is 16.8 Å². The third kappa shape index (κ3) is 4.71. The first-order valence-electron chi connectivity index (χ1n) is 11.9. The summed E-state index contributed by atoms with van der Waals surface area (Å²) in [4.78, 5) is 12.8. The molecule has 0 atom stereocenters. The van der Waals surface area contributed by atoms with Gasteiger partial charge in [-0.05, 0) is 71.3 Å². The van der Waals surface area contributed by atoms with E-state index < -0.39 is 0 Å². The first-order valence-corrected chi connectivity index (χ1v) is 13.5. The highest BCUT2D eigenvalue weighted by Gasteiger charge is 2.13. The third-order valence-corrected chi connectivity index (χ3v) is 7.42. The quantitative estimate of drug-likeness (QED) is 0.141. The van der Waals surface area contributed by atoms with Crippen molar-refractivity contribution in [1.29, 1.82) is 0 Å². The van der Waals surface area contributed by atoms with Crippen LogP contribution in [0.2, 0.25) is 0 Å². The van der Waals surface area contributed by atoms with Crippen LogP contribution in [0.5, 0.6) is 0 Å². The van der Waals surface area contributed by atoms with Gasteiger partial charge < -0.3 is 4.57 Å². The van der Waals surface area contributed by atoms with Gasteiger partial charge in [-0.2, -0.15) is 0 Å². The van der Waals surface area contributed by atoms with Crippen LogP contribution in [0.25, 0.3) is 44.7 Å². The lowest BCUT2D eigenvalue weighted by Crippen LogP contribution is -1.94. The highest BCUT2D eigenvalue weighted by molar-refractivity contribution is 9.11. The zero-order chi connectivity index (χ0) is 25.4. The Labute approximate surface area is 232 Å². The molecule has 0 fully saturated rings. The van der Waals surface area contributed by atoms with Crippen LogP contribution in [-0.2, 0) is 0 Å². The number of halogens is 2. The Morgan fingerprint density at radius 2 is 1.27 bits per heavy atom. The number of fused-ring (bicyclic) bond motifs is 3. The topological polar surface area (TPSA) is 22.0 Å². The molecule has 37 heavy (non-hydrogen) atoms. The van der Waals surface area contributed by atoms with E-state index in [2.05, 4.69) is 103 Å². The number of allylic oxidation sites excluding steroid dienone is 1. The standard InChI is InChI=1S/C33H21Br2NO/c34-26-18-22(19-27(35)21-26)10-17-33(37)24-13-11-23(12-14-24)25-15-16-32-30(20-25)29-8-4-5-9-31(29)36(32)28-6-2-1-3-7-28/h1-21H/b17-10+. The molecule has 0 saturated heterocycles. The molecule has 0 aliphatic rings. The van der Waals surface area contributed by atoms with E-state index in [9.17, 15) is 4.79 Å². The predicted molar refractivity (Wildman–Crippen MR) is 161 cm³/mol. The van der Waals surface area contributed by atoms with Crippen molar-refractivity contribution >= 4 is 65.5 Å². The maximum Gasteiger partial charge on any atom is 0.185 e. The number of hydrogen-bond acceptors (Lipinski definition) is 1. The third-order valence-electron chi connectivity index (χ3n) is 6.50. The van der Waals surface area contributed by atoms with E-state index >= 15 is 0 Å². The summed E-state index contributed by atoms with van der Waals surface area (Å²) in [5, 5.41) is 2.43. The molecular formula is C33H21Br2NO. The van der Waals surface area contributed by atoms with Gasteiger partial charge in [-0.3, -0.25) is 4.79 Å². The lowest BCUT2D eigenvalue weighted by molar-refractivity contribution is 0.104. The lowest BCUT2D eigenvalue weighted by atomic mass is 10.00. The summed E-state index contributed by atoms with van der Waals surface area (Å²) < 4.78 is 4.23. The minimum absolute atomic E-state index is 0.0240. The molecule has 2 nitrogen and oxygen atoms in total. The van der Waals surface area contributed by atoms with E-state index in [0.29, 0.717) is 5.56 Å². The molecular weight excluding hydrogens is 586 g/mol. The van der Waals surface area contributed by atoms with Gasteiger partial charge in [0.15, 0.2) is 5.78 Å². The fourth-order valence-electron chi connectivity index (χ4n) is 4.77. The molecule has 5 aromatic carbocycles. The number of rotatable bonds is 5. The molecule has 6 aromatic rings. The molecule has 0 unspecified atom stereocenters. The average molecular weight is 607 g/mol. The first-order chi connectivity index (χ1) is 18.1. The van der Waals surface area contributed by atoms with E-state index in [0.717, 1.165) is 31.3 Å². The second kappa shape index (κ2) is 9.97. The maximum atomic E-state index is 12.8. The summed E-state index contributed by atoms with van der Waals surface area (Å²) in [7, 11) is 0. The van der Waals surface area contributed by atoms with Gasteiger partial charge in [-0.25, -0.2) is 0 Å². The fraction of sp³-hybridized carbons (Fsp3) is 0. The van der Waals surface area contributed by atoms with E-state index in [1.165, 1.54) is 21.8 Å². The van der Waals surface area contributed by atoms with Crippen molar-refractivity contribution in [2.45, 2.75) is 0 Å². The van der Waals surface area contributed by atoms with Gasteiger partial charge in [0.25, 0.3) is 0 Å². The second-order valence-electron chi connectivity index (χ2n) is 8.90. The summed E-state index contributed by atoms with van der Waals surface area (Å²) >= 11 is 6.97. The molecule has 0 saturated carbocycles. The molecule has 1 aromatic heterocycles. The van der Waals surface area contributed by atoms with E-state index in [-0.39, 0.29) is 5.78 Å². The maximum absolute atomic E-state index is 12.8. The van der Waals surface area contributed by atoms with Crippen LogP contribution in [0.3, 0.4) is 0 Å². The normalized spacial score (nSPS) is 11.5. The van der Waals surface area contributed by atoms with Crippen molar-refractivity contribution in [2.75, 3.05) is 0 Å². The highest BCUT2D eigenvalue weighted by atomic mass is 79.9. The van der Waals surface area contributed by atoms with Gasteiger partial charge in [0, 0.05) is 31.0 Å². The van der Waals surface area contributed by atoms with Crippen LogP contribution in [0, 0.1) is 0 Å². The Morgan fingerprint density at radius 3 is 2.03 bits per heavy atom. The van der Waals surface area contributed by atoms with Crippen molar-refractivity contribution in [1.82, 2.24) is 4.57 Å². The number of nitrogens with zero attached hydrogens (tertiary/aromatic N) is 1. The van der Waals surface area contributed by atoms with Crippen LogP contribution in [0.1, 0.15) is 15.9 Å². The Bertz CT molecular complexity index is 1780. The summed E-state index contributed by atoms with van der Waals surface area (Å²) in [6, 6.07) is 39.3. The summed E-state index contributed by atoms with van der Waals surface area (Å²) in [5.74, 6) is -0.0240. The molecule has 0 aliphatic heterocycles. The average Bonchev–Trinajstić information content (AvgIpc) is 3.25. The smallest absolute Gasteiger partial charge is 0.185 e. The number of ketones is 1. The van der Waals surface area contributed by atoms with Crippen LogP contribution in [0.15, 0.2) is 130 Å². The Morgan fingerprint density at radius 1 is 0.622 bits per heavy atom. The van der Waals surface area contributed by atoms with Gasteiger partial charge in [0.2, 0.25) is 0 Å². The fourth-order valence-corrected chi connectivity index (χ4v) is 6.10. The van der Waals surface area contributed by atoms with Crippen molar-refractivity contribution < 1.29 is 4.79 Å². The van der Waals surface area contributed by atoms with E-state index in [1.54, 1.807) is 6.08 Å². The zero-order valence-electron chi connectivity index (χ0n) is 19.7. The number of hydrogen-bond donors (Lipinski definition) is 0. The SMILES string of the molecule is O=C(/C=C/c1cc(Br)cc(Br)c1)c1ccc(-c2ccc3c(c2)c2ccccc2n3-c2ccccc2)cc1. The zero-order valence-corrected chi connectivity index (χ0v) is 22.9. The molecule has 0 bridgehead atoms. The minimum atomic E-state index is -0.0240. The molecule has 1 heterocycles. The highest BCUT2D eigenvalue weighted by Crippen LogP contribution is 2.34. The Balaban J connectivity index is 1.33. The molecule has 0 aliphatic carbocycles. The summed E-state index contributed by atoms with van der Waals surface area (Å²) in [6.45, 7) is 0. The number of carbonyl (C=O) groups excluding carboxylic acids is 1. The monoisotopic (exact) mass is 605 g/mol. The molecule has 0 spiro atoms. The summed E-state index contributed by atoms with van der Waals surface area (Å²) in [6.07, 6.45) is 3.45. The van der Waals surface area contributed by atoms with E-state index in [1.807, 2.05) is 54.6 Å². The van der Waals surface area contributed by atoms with E-state index in [4.69, 9.17) is 0 Å². The summed E-state index contributed by atoms with van der Waals surface area (Å²) in [5.41, 5.74) is 7.32. The molecule has 178 valence electrons. The van der Waals surface area contributed by atoms with Crippen LogP contribution >= 0.6 is 31.9 Å². The second-order valence-corrected chi connectivity index (χ2v) is 10.7. The predicted octanol–water partition coefficient (Wildman–Crippen LogP) is 9.87. The van der Waals surface area contributed by atoms with Crippen LogP contribution < -0.4 is 0 Å². The van der Waals surface area contributed by atoms with Crippen molar-refractivity contribution in [2.24, 2.45) is 0 Å². The van der Waals surface area contributed by atoms with Gasteiger partial charge in [0.1, 0.15) is 0 Å². The van der Waals surface area contributed by atoms with Gasteiger partial charge in [0.05, 0.1) is 11.0 Å². The Hall–Kier alpha value is -3.73. The van der Waals surface area contributed by atoms with Crippen molar-refractivity contribution in [3.63, 3.8) is 0 Å². The number of para-hydroxylation sites is 2. The van der Waals surface area contributed by atoms with Gasteiger partial charge in [-0.15, -0.1) is 0 Å². The minimum Gasteiger partial charge on any atom is -0.309 e. The number of carbonyl (C=O) groups is 1. The van der Waals surface area contributed by atoms with Crippen molar-refractivity contribution in [3.05, 3.63) is 141 Å². The first kappa shape index (κ1) is 23.7.